The van der Waals surface area contributed by atoms with Crippen molar-refractivity contribution in [1.82, 2.24) is 0 Å². The number of rotatable bonds is 6. The molecule has 50 heavy (non-hydrogen) atoms. The van der Waals surface area contributed by atoms with Crippen molar-refractivity contribution in [3.8, 4) is 0 Å². The molecule has 0 aliphatic heterocycles. The van der Waals surface area contributed by atoms with Crippen LogP contribution in [0.15, 0.2) is 131 Å². The molecular weight excluding hydrogens is 791 g/mol. The first-order valence-corrected chi connectivity index (χ1v) is 32.7. The van der Waals surface area contributed by atoms with Gasteiger partial charge in [-0.05, 0) is 8.07 Å². The summed E-state index contributed by atoms with van der Waals surface area (Å²) < 4.78 is 1.42. The molecule has 0 nitrogen and oxygen atoms in total. The number of allylic oxidation sites excluding steroid dienone is 4. The van der Waals surface area contributed by atoms with Gasteiger partial charge >= 0.3 is 99.2 Å². The van der Waals surface area contributed by atoms with E-state index in [2.05, 4.69) is 200 Å². The van der Waals surface area contributed by atoms with Gasteiger partial charge < -0.3 is 24.8 Å². The average molecular weight is 847 g/mol. The second-order valence-electron chi connectivity index (χ2n) is 17.3. The largest absolute Gasteiger partial charge is 0.126 e. The first-order valence-electron chi connectivity index (χ1n) is 17.4. The summed E-state index contributed by atoms with van der Waals surface area (Å²) >= 11 is 1.46. The molecule has 6 rings (SSSR count). The molecule has 7 heteroatoms. The van der Waals surface area contributed by atoms with Gasteiger partial charge in [-0.2, -0.15) is 5.20 Å². The number of halogens is 2. The van der Waals surface area contributed by atoms with E-state index in [9.17, 15) is 0 Å². The zero-order valence-corrected chi connectivity index (χ0v) is 40.3. The molecule has 0 saturated heterocycles. The first kappa shape index (κ1) is 44.6. The van der Waals surface area contributed by atoms with Gasteiger partial charge in [0.25, 0.3) is 0 Å². The monoisotopic (exact) mass is 844 g/mol. The Labute approximate surface area is 335 Å². The van der Waals surface area contributed by atoms with Crippen LogP contribution in [-0.4, -0.2) is 35.5 Å². The van der Waals surface area contributed by atoms with Crippen LogP contribution in [0, 0.1) is 6.08 Å². The molecule has 0 N–H and O–H groups in total. The van der Waals surface area contributed by atoms with Crippen LogP contribution in [0.5, 0.6) is 0 Å². The van der Waals surface area contributed by atoms with Gasteiger partial charge in [-0.1, -0.05) is 115 Å². The van der Waals surface area contributed by atoms with Gasteiger partial charge in [0.1, 0.15) is 0 Å². The summed E-state index contributed by atoms with van der Waals surface area (Å²) in [4.78, 5) is 0. The van der Waals surface area contributed by atoms with Crippen molar-refractivity contribution in [3.05, 3.63) is 148 Å². The van der Waals surface area contributed by atoms with E-state index < -0.39 is 32.3 Å². The van der Waals surface area contributed by atoms with Crippen molar-refractivity contribution in [2.24, 2.45) is 0 Å². The molecule has 264 valence electrons. The molecular formula is C43H56Cl2Si4Zr-2. The number of hydrogen-bond donors (Lipinski definition) is 0. The Hall–Kier alpha value is -1.57. The zero-order chi connectivity index (χ0) is 35.5. The van der Waals surface area contributed by atoms with Crippen LogP contribution in [0.4, 0.5) is 0 Å². The van der Waals surface area contributed by atoms with E-state index in [4.69, 9.17) is 0 Å². The van der Waals surface area contributed by atoms with Crippen LogP contribution in [0.1, 0.15) is 11.1 Å². The third-order valence-electron chi connectivity index (χ3n) is 8.92. The SMILES string of the molecule is C[Si](C)(C)C1=[C-]C([Si](C)(C)C)C([Si](C)(C)C)=C1[Si](C)(C)C.[Cl-].[Cl-].[Zr+2]=[C](c1ccccc1)c1ccccc1.c1ccc2c(c1)[cH-]c1ccccc12. The molecule has 0 saturated carbocycles. The second kappa shape index (κ2) is 18.0. The van der Waals surface area contributed by atoms with Gasteiger partial charge in [-0.3, -0.25) is 6.08 Å². The van der Waals surface area contributed by atoms with Crippen LogP contribution in [0.2, 0.25) is 84.1 Å². The summed E-state index contributed by atoms with van der Waals surface area (Å²) in [6.07, 6.45) is 4.12. The smallest absolute Gasteiger partial charge is 0.0771 e. The van der Waals surface area contributed by atoms with Crippen molar-refractivity contribution in [3.63, 3.8) is 0 Å². The Morgan fingerprint density at radius 1 is 0.520 bits per heavy atom. The Kier molecular flexibility index (Phi) is 16.0. The van der Waals surface area contributed by atoms with Gasteiger partial charge in [0, 0.05) is 16.1 Å². The van der Waals surface area contributed by atoms with E-state index in [0.717, 1.165) is 0 Å². The van der Waals surface area contributed by atoms with E-state index in [1.165, 1.54) is 60.1 Å². The van der Waals surface area contributed by atoms with E-state index >= 15 is 0 Å². The maximum absolute atomic E-state index is 4.12. The molecule has 0 fully saturated rings. The van der Waals surface area contributed by atoms with Crippen molar-refractivity contribution in [2.75, 3.05) is 0 Å². The fourth-order valence-corrected chi connectivity index (χ4v) is 21.6. The van der Waals surface area contributed by atoms with E-state index in [0.29, 0.717) is 5.54 Å². The molecule has 5 aromatic carbocycles. The quantitative estimate of drug-likeness (QED) is 0.129. The minimum Gasteiger partial charge on any atom is -0.126 e. The zero-order valence-electron chi connectivity index (χ0n) is 32.3. The third kappa shape index (κ3) is 11.2. The maximum Gasteiger partial charge on any atom is -0.0771 e. The summed E-state index contributed by atoms with van der Waals surface area (Å²) in [6, 6.07) is 40.4. The standard InChI is InChI=1S/C17H37Si4.C13H9.C13H10.2ClH.Zr/c1-18(2,3)14-13-15(19(4,5)6)17(21(10,11)12)16(14)20(7,8)9;1-3-7-12-10(5-1)9-11-6-2-4-8-13(11)12;1-3-7-12(8-4-1)11-13-9-5-2-6-10-13;;;/h14H,1-12H3;1-9H;1-10H;2*1H;/q2*-1;;;;+2/p-2. The summed E-state index contributed by atoms with van der Waals surface area (Å²) in [5, 5.41) is 10.9. The minimum atomic E-state index is -1.32. The van der Waals surface area contributed by atoms with Crippen molar-refractivity contribution >= 4 is 57.0 Å². The van der Waals surface area contributed by atoms with Gasteiger partial charge in [0.15, 0.2) is 0 Å². The van der Waals surface area contributed by atoms with Crippen molar-refractivity contribution in [2.45, 2.75) is 84.1 Å². The summed E-state index contributed by atoms with van der Waals surface area (Å²) in [6.45, 7) is 30.5. The Morgan fingerprint density at radius 2 is 0.900 bits per heavy atom. The molecule has 0 heterocycles. The van der Waals surface area contributed by atoms with Crippen molar-refractivity contribution in [1.29, 1.82) is 0 Å². The van der Waals surface area contributed by atoms with E-state index in [1.54, 1.807) is 5.20 Å². The van der Waals surface area contributed by atoms with Crippen LogP contribution in [0.25, 0.3) is 21.5 Å². The van der Waals surface area contributed by atoms with Crippen LogP contribution < -0.4 is 24.8 Å². The maximum atomic E-state index is 4.12. The minimum absolute atomic E-state index is 0. The van der Waals surface area contributed by atoms with Crippen LogP contribution in [-0.2, 0) is 24.2 Å². The van der Waals surface area contributed by atoms with Gasteiger partial charge in [0.05, 0.1) is 8.07 Å². The summed E-state index contributed by atoms with van der Waals surface area (Å²) in [7, 11) is -5.18. The van der Waals surface area contributed by atoms with E-state index in [1.807, 2.05) is 10.4 Å². The molecule has 5 aromatic rings. The van der Waals surface area contributed by atoms with E-state index in [-0.39, 0.29) is 24.8 Å². The van der Waals surface area contributed by atoms with Gasteiger partial charge in [-0.15, -0.1) is 45.3 Å². The fourth-order valence-electron chi connectivity index (χ4n) is 6.68. The molecule has 1 aliphatic rings. The number of hydrogen-bond acceptors (Lipinski definition) is 0. The van der Waals surface area contributed by atoms with Gasteiger partial charge in [0.2, 0.25) is 0 Å². The first-order chi connectivity index (χ1) is 22.3. The average Bonchev–Trinajstić information content (AvgIpc) is 3.63. The van der Waals surface area contributed by atoms with Gasteiger partial charge in [-0.25, -0.2) is 10.4 Å². The predicted octanol–water partition coefficient (Wildman–Crippen LogP) is 6.89. The fraction of sp³-hybridized carbons (Fsp3) is 0.302. The summed E-state index contributed by atoms with van der Waals surface area (Å²) in [5.41, 5.74) is 3.35. The topological polar surface area (TPSA) is 0 Å². The molecule has 0 amide bonds. The normalized spacial score (nSPS) is 14.8. The predicted molar refractivity (Wildman–Crippen MR) is 224 cm³/mol. The molecule has 0 bridgehead atoms. The molecule has 1 atom stereocenters. The molecule has 1 unspecified atom stereocenters. The number of fused-ring (bicyclic) bond motifs is 3. The Bertz CT molecular complexity index is 1820. The second-order valence-corrected chi connectivity index (χ2v) is 38.9. The molecule has 0 spiro atoms. The Morgan fingerprint density at radius 3 is 1.24 bits per heavy atom. The van der Waals surface area contributed by atoms with Crippen molar-refractivity contribution < 1.29 is 49.0 Å². The Balaban J connectivity index is 0.000000263. The van der Waals surface area contributed by atoms with Crippen LogP contribution in [0.3, 0.4) is 0 Å². The van der Waals surface area contributed by atoms with Crippen LogP contribution >= 0.6 is 0 Å². The summed E-state index contributed by atoms with van der Waals surface area (Å²) in [5.74, 6) is 0. The molecule has 0 radical (unpaired) electrons. The number of benzene rings is 4. The molecule has 1 aliphatic carbocycles. The molecule has 0 aromatic heterocycles. The third-order valence-corrected chi connectivity index (χ3v) is 19.4.